The van der Waals surface area contributed by atoms with Crippen LogP contribution in [0.15, 0.2) is 54.3 Å². The summed E-state index contributed by atoms with van der Waals surface area (Å²) in [5.41, 5.74) is 2.24. The van der Waals surface area contributed by atoms with Gasteiger partial charge in [0, 0.05) is 12.4 Å². The van der Waals surface area contributed by atoms with Crippen molar-refractivity contribution in [1.82, 2.24) is 9.97 Å². The summed E-state index contributed by atoms with van der Waals surface area (Å²) in [6.45, 7) is 5.28. The highest BCUT2D eigenvalue weighted by Crippen LogP contribution is 2.31. The summed E-state index contributed by atoms with van der Waals surface area (Å²) in [5, 5.41) is 0.228. The van der Waals surface area contributed by atoms with Crippen molar-refractivity contribution in [2.24, 2.45) is 0 Å². The van der Waals surface area contributed by atoms with Gasteiger partial charge >= 0.3 is 5.97 Å². The normalized spacial score (nSPS) is 11.8. The van der Waals surface area contributed by atoms with Crippen molar-refractivity contribution in [1.29, 1.82) is 0 Å². The lowest BCUT2D eigenvalue weighted by Gasteiger charge is -2.25. The second-order valence-electron chi connectivity index (χ2n) is 8.29. The first-order chi connectivity index (χ1) is 15.6. The first kappa shape index (κ1) is 24.7. The maximum absolute atomic E-state index is 13.5. The fourth-order valence-corrected chi connectivity index (χ4v) is 5.54. The molecule has 176 valence electrons. The summed E-state index contributed by atoms with van der Waals surface area (Å²) < 4.78 is 38.9. The Morgan fingerprint density at radius 2 is 1.85 bits per heavy atom. The average Bonchev–Trinajstić information content (AvgIpc) is 3.25. The summed E-state index contributed by atoms with van der Waals surface area (Å²) in [6.07, 6.45) is 3.57. The Morgan fingerprint density at radius 3 is 2.45 bits per heavy atom. The molecule has 0 saturated carbocycles. The van der Waals surface area contributed by atoms with Crippen LogP contribution in [-0.4, -0.2) is 42.8 Å². The lowest BCUT2D eigenvalue weighted by Crippen LogP contribution is -2.34. The van der Waals surface area contributed by atoms with Crippen LogP contribution in [0.4, 0.5) is 5.00 Å². The molecule has 0 saturated heterocycles. The van der Waals surface area contributed by atoms with Crippen molar-refractivity contribution in [3.63, 3.8) is 0 Å². The number of hydrogen-bond donors (Lipinski definition) is 0. The minimum atomic E-state index is -3.82. The third-order valence-corrected chi connectivity index (χ3v) is 7.23. The van der Waals surface area contributed by atoms with Gasteiger partial charge in [-0.2, -0.15) is 0 Å². The van der Waals surface area contributed by atoms with Gasteiger partial charge in [-0.05, 0) is 56.5 Å². The predicted molar refractivity (Wildman–Crippen MR) is 128 cm³/mol. The average molecular weight is 490 g/mol. The number of rotatable bonds is 9. The van der Waals surface area contributed by atoms with E-state index in [9.17, 15) is 13.2 Å². The van der Waals surface area contributed by atoms with E-state index >= 15 is 0 Å². The maximum atomic E-state index is 13.5. The van der Waals surface area contributed by atoms with E-state index in [2.05, 4.69) is 9.97 Å². The lowest BCUT2D eigenvalue weighted by molar-refractivity contribution is 0.00646. The number of methoxy groups -OCH3 is 1. The van der Waals surface area contributed by atoms with Crippen molar-refractivity contribution >= 4 is 32.3 Å². The molecule has 0 aliphatic carbocycles. The molecule has 3 aromatic rings. The van der Waals surface area contributed by atoms with Gasteiger partial charge in [0.15, 0.2) is 5.69 Å². The van der Waals surface area contributed by atoms with Gasteiger partial charge in [-0.25, -0.2) is 18.2 Å². The molecular formula is C23H27N3O5S2. The number of pyridine rings is 1. The number of aryl methyl sites for hydroxylation is 1. The zero-order valence-corrected chi connectivity index (χ0v) is 20.6. The third kappa shape index (κ3) is 6.75. The molecule has 3 rings (SSSR count). The van der Waals surface area contributed by atoms with Crippen molar-refractivity contribution in [3.8, 4) is 5.75 Å². The van der Waals surface area contributed by atoms with Crippen LogP contribution in [-0.2, 0) is 27.7 Å². The zero-order valence-electron chi connectivity index (χ0n) is 19.0. The highest BCUT2D eigenvalue weighted by atomic mass is 32.2. The Bertz CT molecular complexity index is 1170. The lowest BCUT2D eigenvalue weighted by atomic mass is 10.2. The molecule has 0 radical (unpaired) electrons. The minimum absolute atomic E-state index is 0.0200. The predicted octanol–water partition coefficient (Wildman–Crippen LogP) is 4.08. The van der Waals surface area contributed by atoms with Crippen LogP contribution in [0, 0.1) is 0 Å². The number of hydrogen-bond acceptors (Lipinski definition) is 8. The minimum Gasteiger partial charge on any atom is -0.497 e. The van der Waals surface area contributed by atoms with Crippen LogP contribution >= 0.6 is 11.3 Å². The second-order valence-corrected chi connectivity index (χ2v) is 11.1. The summed E-state index contributed by atoms with van der Waals surface area (Å²) in [5.74, 6) is -0.154. The van der Waals surface area contributed by atoms with E-state index in [1.165, 1.54) is 9.82 Å². The van der Waals surface area contributed by atoms with E-state index in [0.29, 0.717) is 5.75 Å². The van der Waals surface area contributed by atoms with Crippen molar-refractivity contribution in [2.45, 2.75) is 39.3 Å². The van der Waals surface area contributed by atoms with E-state index in [0.717, 1.165) is 22.5 Å². The van der Waals surface area contributed by atoms with E-state index in [-0.39, 0.29) is 29.4 Å². The monoisotopic (exact) mass is 489 g/mol. The number of carbonyl (C=O) groups excluding carboxylic acids is 1. The van der Waals surface area contributed by atoms with Crippen LogP contribution in [0.1, 0.15) is 42.4 Å². The van der Waals surface area contributed by atoms with E-state index in [1.54, 1.807) is 70.6 Å². The number of aromatic nitrogens is 2. The molecule has 2 aromatic heterocycles. The van der Waals surface area contributed by atoms with Gasteiger partial charge < -0.3 is 9.47 Å². The molecule has 0 amide bonds. The standard InChI is InChI=1S/C23H27N3O5S2/c1-23(2,3)31-22(27)20-21(32-16-25-20)26(15-18-7-9-19(30-4)10-8-18)33(28,29)13-11-17-6-5-12-24-14-17/h5-10,12,14,16H,11,13,15H2,1-4H3. The summed E-state index contributed by atoms with van der Waals surface area (Å²) in [4.78, 5) is 20.9. The molecule has 2 heterocycles. The van der Waals surface area contributed by atoms with E-state index < -0.39 is 21.6 Å². The summed E-state index contributed by atoms with van der Waals surface area (Å²) in [7, 11) is -2.26. The fourth-order valence-electron chi connectivity index (χ4n) is 2.98. The molecule has 0 unspecified atom stereocenters. The maximum Gasteiger partial charge on any atom is 0.360 e. The van der Waals surface area contributed by atoms with Gasteiger partial charge in [-0.3, -0.25) is 9.29 Å². The molecule has 0 atom stereocenters. The quantitative estimate of drug-likeness (QED) is 0.418. The van der Waals surface area contributed by atoms with Gasteiger partial charge in [0.2, 0.25) is 10.0 Å². The van der Waals surface area contributed by atoms with Gasteiger partial charge in [0.05, 0.1) is 24.9 Å². The molecule has 0 N–H and O–H groups in total. The number of carbonyl (C=O) groups is 1. The Hall–Kier alpha value is -2.98. The molecular weight excluding hydrogens is 462 g/mol. The number of benzene rings is 1. The van der Waals surface area contributed by atoms with Gasteiger partial charge in [-0.15, -0.1) is 11.3 Å². The molecule has 0 aliphatic heterocycles. The van der Waals surface area contributed by atoms with Crippen LogP contribution < -0.4 is 9.04 Å². The number of anilines is 1. The number of esters is 1. The van der Waals surface area contributed by atoms with E-state index in [1.807, 2.05) is 6.07 Å². The van der Waals surface area contributed by atoms with Crippen molar-refractivity contribution in [2.75, 3.05) is 17.2 Å². The molecule has 0 fully saturated rings. The summed E-state index contributed by atoms with van der Waals surface area (Å²) in [6, 6.07) is 10.7. The SMILES string of the molecule is COc1ccc(CN(c2scnc2C(=O)OC(C)(C)C)S(=O)(=O)CCc2cccnc2)cc1. The molecule has 8 nitrogen and oxygen atoms in total. The zero-order chi connectivity index (χ0) is 24.1. The molecule has 0 spiro atoms. The number of ether oxygens (including phenoxy) is 2. The molecule has 10 heteroatoms. The Balaban J connectivity index is 1.95. The largest absolute Gasteiger partial charge is 0.497 e. The Morgan fingerprint density at radius 1 is 1.12 bits per heavy atom. The molecule has 1 aromatic carbocycles. The highest BCUT2D eigenvalue weighted by Gasteiger charge is 2.31. The summed E-state index contributed by atoms with van der Waals surface area (Å²) >= 11 is 1.09. The first-order valence-electron chi connectivity index (χ1n) is 10.3. The number of sulfonamides is 1. The van der Waals surface area contributed by atoms with Crippen molar-refractivity contribution < 1.29 is 22.7 Å². The van der Waals surface area contributed by atoms with Crippen LogP contribution in [0.3, 0.4) is 0 Å². The number of thiazole rings is 1. The van der Waals surface area contributed by atoms with Crippen LogP contribution in [0.5, 0.6) is 5.75 Å². The Kier molecular flexibility index (Phi) is 7.70. The van der Waals surface area contributed by atoms with Gasteiger partial charge in [0.1, 0.15) is 16.4 Å². The molecule has 0 bridgehead atoms. The molecule has 33 heavy (non-hydrogen) atoms. The van der Waals surface area contributed by atoms with E-state index in [4.69, 9.17) is 9.47 Å². The fraction of sp³-hybridized carbons (Fsp3) is 0.348. The number of nitrogens with zero attached hydrogens (tertiary/aromatic N) is 3. The first-order valence-corrected chi connectivity index (χ1v) is 12.8. The second kappa shape index (κ2) is 10.3. The molecule has 0 aliphatic rings. The smallest absolute Gasteiger partial charge is 0.360 e. The topological polar surface area (TPSA) is 98.7 Å². The Labute approximate surface area is 198 Å². The van der Waals surface area contributed by atoms with Crippen LogP contribution in [0.25, 0.3) is 0 Å². The van der Waals surface area contributed by atoms with Crippen molar-refractivity contribution in [3.05, 3.63) is 71.1 Å². The third-order valence-electron chi connectivity index (χ3n) is 4.56. The van der Waals surface area contributed by atoms with Gasteiger partial charge in [0.25, 0.3) is 0 Å². The van der Waals surface area contributed by atoms with Gasteiger partial charge in [-0.1, -0.05) is 18.2 Å². The highest BCUT2D eigenvalue weighted by molar-refractivity contribution is 7.92. The van der Waals surface area contributed by atoms with Crippen LogP contribution in [0.2, 0.25) is 0 Å².